The van der Waals surface area contributed by atoms with Gasteiger partial charge in [0.15, 0.2) is 11.0 Å². The minimum Gasteiger partial charge on any atom is -0.497 e. The van der Waals surface area contributed by atoms with E-state index in [-0.39, 0.29) is 5.97 Å². The van der Waals surface area contributed by atoms with Gasteiger partial charge in [0.25, 0.3) is 0 Å². The van der Waals surface area contributed by atoms with Crippen molar-refractivity contribution < 1.29 is 18.7 Å². The van der Waals surface area contributed by atoms with Gasteiger partial charge in [0.2, 0.25) is 0 Å². The van der Waals surface area contributed by atoms with Crippen LogP contribution < -0.4 is 4.74 Å². The number of benzene rings is 1. The van der Waals surface area contributed by atoms with Crippen molar-refractivity contribution in [3.05, 3.63) is 48.4 Å². The van der Waals surface area contributed by atoms with Crippen LogP contribution in [0, 0.1) is 0 Å². The fourth-order valence-corrected chi connectivity index (χ4v) is 3.43. The molecule has 0 fully saturated rings. The normalized spacial score (nSPS) is 12.0. The number of furan rings is 1. The fraction of sp³-hybridized carbons (Fsp3) is 0.350. The topological polar surface area (TPSA) is 79.4 Å². The van der Waals surface area contributed by atoms with Crippen molar-refractivity contribution in [1.82, 2.24) is 14.8 Å². The number of methoxy groups -OCH3 is 1. The number of hydrogen-bond acceptors (Lipinski definition) is 7. The lowest BCUT2D eigenvalue weighted by Crippen LogP contribution is -2.18. The number of thioether (sulfide) groups is 1. The number of esters is 1. The van der Waals surface area contributed by atoms with Gasteiger partial charge in [-0.2, -0.15) is 0 Å². The van der Waals surface area contributed by atoms with Gasteiger partial charge >= 0.3 is 5.97 Å². The van der Waals surface area contributed by atoms with Crippen molar-refractivity contribution >= 4 is 17.7 Å². The molecule has 1 atom stereocenters. The zero-order valence-electron chi connectivity index (χ0n) is 16.1. The van der Waals surface area contributed by atoms with Gasteiger partial charge in [-0.15, -0.1) is 10.2 Å². The molecule has 1 unspecified atom stereocenters. The third-order valence-electron chi connectivity index (χ3n) is 4.00. The molecule has 0 saturated carbocycles. The summed E-state index contributed by atoms with van der Waals surface area (Å²) >= 11 is 1.32. The average molecular weight is 401 g/mol. The lowest BCUT2D eigenvalue weighted by atomic mass is 10.2. The van der Waals surface area contributed by atoms with Crippen LogP contribution in [0.2, 0.25) is 0 Å². The summed E-state index contributed by atoms with van der Waals surface area (Å²) in [5.74, 6) is 1.91. The molecule has 3 rings (SSSR count). The van der Waals surface area contributed by atoms with E-state index in [0.717, 1.165) is 23.5 Å². The number of hydrogen-bond donors (Lipinski definition) is 0. The molecule has 0 saturated heterocycles. The SMILES string of the molecule is CCCOC(=O)C(C)Sc1nnc(-c2cccc(OC)c2)n1Cc1ccco1. The van der Waals surface area contributed by atoms with Gasteiger partial charge in [-0.3, -0.25) is 9.36 Å². The van der Waals surface area contributed by atoms with Crippen molar-refractivity contribution in [2.75, 3.05) is 13.7 Å². The highest BCUT2D eigenvalue weighted by atomic mass is 32.2. The molecule has 0 aliphatic heterocycles. The minimum absolute atomic E-state index is 0.262. The molecule has 28 heavy (non-hydrogen) atoms. The molecular formula is C20H23N3O4S. The summed E-state index contributed by atoms with van der Waals surface area (Å²) in [7, 11) is 1.62. The summed E-state index contributed by atoms with van der Waals surface area (Å²) < 4.78 is 18.0. The van der Waals surface area contributed by atoms with E-state index >= 15 is 0 Å². The molecule has 0 bridgehead atoms. The summed E-state index contributed by atoms with van der Waals surface area (Å²) in [6.07, 6.45) is 2.42. The first kappa shape index (κ1) is 20.0. The molecule has 0 N–H and O–H groups in total. The number of ether oxygens (including phenoxy) is 2. The predicted octanol–water partition coefficient (Wildman–Crippen LogP) is 4.03. The number of rotatable bonds is 9. The van der Waals surface area contributed by atoms with Gasteiger partial charge in [0, 0.05) is 5.56 Å². The second-order valence-corrected chi connectivity index (χ2v) is 7.44. The first-order valence-corrected chi connectivity index (χ1v) is 9.93. The van der Waals surface area contributed by atoms with Crippen molar-refractivity contribution in [3.8, 4) is 17.1 Å². The van der Waals surface area contributed by atoms with Crippen LogP contribution in [0.3, 0.4) is 0 Å². The van der Waals surface area contributed by atoms with E-state index in [1.54, 1.807) is 20.3 Å². The zero-order chi connectivity index (χ0) is 19.9. The molecule has 2 aromatic heterocycles. The van der Waals surface area contributed by atoms with Crippen molar-refractivity contribution in [2.24, 2.45) is 0 Å². The van der Waals surface area contributed by atoms with Crippen LogP contribution in [0.25, 0.3) is 11.4 Å². The second-order valence-electron chi connectivity index (χ2n) is 6.13. The Bertz CT molecular complexity index is 908. The standard InChI is InChI=1S/C20H23N3O4S/c1-4-10-27-19(24)14(2)28-20-22-21-18(15-7-5-8-16(12-15)25-3)23(20)13-17-9-6-11-26-17/h5-9,11-12,14H,4,10,13H2,1-3H3. The van der Waals surface area contributed by atoms with Gasteiger partial charge in [-0.05, 0) is 37.6 Å². The molecule has 0 amide bonds. The molecule has 2 heterocycles. The van der Waals surface area contributed by atoms with E-state index in [1.807, 2.05) is 47.9 Å². The van der Waals surface area contributed by atoms with Crippen molar-refractivity contribution in [3.63, 3.8) is 0 Å². The average Bonchev–Trinajstić information content (AvgIpc) is 3.37. The van der Waals surface area contributed by atoms with Crippen LogP contribution >= 0.6 is 11.8 Å². The summed E-state index contributed by atoms with van der Waals surface area (Å²) in [6, 6.07) is 11.3. The second kappa shape index (κ2) is 9.45. The molecule has 3 aromatic rings. The molecule has 7 nitrogen and oxygen atoms in total. The molecular weight excluding hydrogens is 378 g/mol. The third kappa shape index (κ3) is 4.75. The quantitative estimate of drug-likeness (QED) is 0.396. The molecule has 1 aromatic carbocycles. The maximum Gasteiger partial charge on any atom is 0.319 e. The van der Waals surface area contributed by atoms with E-state index in [0.29, 0.717) is 24.1 Å². The Hall–Kier alpha value is -2.74. The third-order valence-corrected chi connectivity index (χ3v) is 5.06. The first-order chi connectivity index (χ1) is 13.6. The van der Waals surface area contributed by atoms with E-state index in [9.17, 15) is 4.79 Å². The maximum atomic E-state index is 12.2. The van der Waals surface area contributed by atoms with Crippen LogP contribution in [0.15, 0.2) is 52.2 Å². The fourth-order valence-electron chi connectivity index (χ4n) is 2.58. The lowest BCUT2D eigenvalue weighted by molar-refractivity contribution is -0.142. The van der Waals surface area contributed by atoms with Gasteiger partial charge in [-0.1, -0.05) is 30.8 Å². The van der Waals surface area contributed by atoms with Crippen molar-refractivity contribution in [1.29, 1.82) is 0 Å². The van der Waals surface area contributed by atoms with Crippen LogP contribution in [-0.4, -0.2) is 39.7 Å². The predicted molar refractivity (Wildman–Crippen MR) is 106 cm³/mol. The summed E-state index contributed by atoms with van der Waals surface area (Å²) in [4.78, 5) is 12.2. The Balaban J connectivity index is 1.91. The molecule has 0 radical (unpaired) electrons. The highest BCUT2D eigenvalue weighted by molar-refractivity contribution is 8.00. The summed E-state index contributed by atoms with van der Waals surface area (Å²) in [5.41, 5.74) is 0.867. The monoisotopic (exact) mass is 401 g/mol. The molecule has 0 aliphatic carbocycles. The highest BCUT2D eigenvalue weighted by Gasteiger charge is 2.22. The molecule has 0 spiro atoms. The Morgan fingerprint density at radius 3 is 2.86 bits per heavy atom. The Morgan fingerprint density at radius 2 is 2.14 bits per heavy atom. The number of carbonyl (C=O) groups excluding carboxylic acids is 1. The van der Waals surface area contributed by atoms with E-state index in [2.05, 4.69) is 10.2 Å². The van der Waals surface area contributed by atoms with Gasteiger partial charge in [0.1, 0.15) is 16.8 Å². The Kier molecular flexibility index (Phi) is 6.76. The Morgan fingerprint density at radius 1 is 1.29 bits per heavy atom. The van der Waals surface area contributed by atoms with E-state index < -0.39 is 5.25 Å². The number of carbonyl (C=O) groups is 1. The highest BCUT2D eigenvalue weighted by Crippen LogP contribution is 2.29. The van der Waals surface area contributed by atoms with Crippen LogP contribution in [0.5, 0.6) is 5.75 Å². The summed E-state index contributed by atoms with van der Waals surface area (Å²) in [5, 5.41) is 8.90. The van der Waals surface area contributed by atoms with Crippen molar-refractivity contribution in [2.45, 2.75) is 37.2 Å². The molecule has 148 valence electrons. The first-order valence-electron chi connectivity index (χ1n) is 9.05. The number of aromatic nitrogens is 3. The van der Waals surface area contributed by atoms with E-state index in [4.69, 9.17) is 13.9 Å². The van der Waals surface area contributed by atoms with Gasteiger partial charge in [-0.25, -0.2) is 0 Å². The maximum absolute atomic E-state index is 12.2. The lowest BCUT2D eigenvalue weighted by Gasteiger charge is -2.12. The van der Waals surface area contributed by atoms with E-state index in [1.165, 1.54) is 11.8 Å². The molecule has 0 aliphatic rings. The van der Waals surface area contributed by atoms with Crippen LogP contribution in [-0.2, 0) is 16.1 Å². The Labute approximate surface area is 168 Å². The largest absolute Gasteiger partial charge is 0.497 e. The minimum atomic E-state index is -0.399. The smallest absolute Gasteiger partial charge is 0.319 e. The number of nitrogens with zero attached hydrogens (tertiary/aromatic N) is 3. The van der Waals surface area contributed by atoms with Crippen LogP contribution in [0.4, 0.5) is 0 Å². The summed E-state index contributed by atoms with van der Waals surface area (Å²) in [6.45, 7) is 4.63. The van der Waals surface area contributed by atoms with Gasteiger partial charge in [0.05, 0.1) is 26.5 Å². The molecule has 8 heteroatoms. The van der Waals surface area contributed by atoms with Gasteiger partial charge < -0.3 is 13.9 Å². The van der Waals surface area contributed by atoms with Crippen LogP contribution in [0.1, 0.15) is 26.0 Å². The zero-order valence-corrected chi connectivity index (χ0v) is 16.9.